The van der Waals surface area contributed by atoms with Gasteiger partial charge in [0, 0.05) is 24.8 Å². The number of hydrogen-bond acceptors (Lipinski definition) is 3. The maximum Gasteiger partial charge on any atom is 0.0611 e. The standard InChI is InChI=1S/C15H26N2O/c1-12-8-13(2)10-14(9-12)17(5)7-6-15(3,11-18)16-4/h8-10,16,18H,6-7,11H2,1-5H3. The minimum Gasteiger partial charge on any atom is -0.394 e. The molecule has 0 heterocycles. The molecule has 2 N–H and O–H groups in total. The molecule has 1 rings (SSSR count). The van der Waals surface area contributed by atoms with E-state index in [9.17, 15) is 5.11 Å². The first-order valence-electron chi connectivity index (χ1n) is 6.49. The maximum absolute atomic E-state index is 9.38. The van der Waals surface area contributed by atoms with Gasteiger partial charge in [-0.05, 0) is 57.5 Å². The topological polar surface area (TPSA) is 35.5 Å². The summed E-state index contributed by atoms with van der Waals surface area (Å²) < 4.78 is 0. The summed E-state index contributed by atoms with van der Waals surface area (Å²) in [7, 11) is 3.99. The van der Waals surface area contributed by atoms with Gasteiger partial charge in [0.15, 0.2) is 0 Å². The lowest BCUT2D eigenvalue weighted by atomic mass is 9.99. The van der Waals surface area contributed by atoms with Gasteiger partial charge in [-0.2, -0.15) is 0 Å². The van der Waals surface area contributed by atoms with Gasteiger partial charge in [0.05, 0.1) is 6.61 Å². The van der Waals surface area contributed by atoms with Crippen LogP contribution in [0.4, 0.5) is 5.69 Å². The van der Waals surface area contributed by atoms with Crippen LogP contribution in [-0.2, 0) is 0 Å². The highest BCUT2D eigenvalue weighted by molar-refractivity contribution is 5.50. The first-order chi connectivity index (χ1) is 8.40. The van der Waals surface area contributed by atoms with Gasteiger partial charge in [-0.1, -0.05) is 6.07 Å². The Balaban J connectivity index is 2.68. The molecule has 0 saturated carbocycles. The Labute approximate surface area is 111 Å². The van der Waals surface area contributed by atoms with E-state index < -0.39 is 0 Å². The van der Waals surface area contributed by atoms with Crippen molar-refractivity contribution in [3.8, 4) is 0 Å². The molecule has 0 spiro atoms. The molecule has 3 heteroatoms. The van der Waals surface area contributed by atoms with E-state index in [1.165, 1.54) is 16.8 Å². The molecule has 0 aliphatic heterocycles. The first kappa shape index (κ1) is 15.0. The molecular weight excluding hydrogens is 224 g/mol. The summed E-state index contributed by atoms with van der Waals surface area (Å²) >= 11 is 0. The van der Waals surface area contributed by atoms with Gasteiger partial charge in [-0.25, -0.2) is 0 Å². The summed E-state index contributed by atoms with van der Waals surface area (Å²) in [6.45, 7) is 7.36. The third kappa shape index (κ3) is 4.00. The number of aliphatic hydroxyl groups excluding tert-OH is 1. The number of aryl methyl sites for hydroxylation is 2. The van der Waals surface area contributed by atoms with E-state index >= 15 is 0 Å². The second kappa shape index (κ2) is 6.21. The van der Waals surface area contributed by atoms with E-state index in [4.69, 9.17) is 0 Å². The van der Waals surface area contributed by atoms with Gasteiger partial charge in [-0.15, -0.1) is 0 Å². The number of nitrogens with one attached hydrogen (secondary N) is 1. The predicted octanol–water partition coefficient (Wildman–Crippen LogP) is 2.10. The average Bonchev–Trinajstić information content (AvgIpc) is 2.34. The predicted molar refractivity (Wildman–Crippen MR) is 78.4 cm³/mol. The third-order valence-electron chi connectivity index (χ3n) is 3.60. The second-order valence-electron chi connectivity index (χ2n) is 5.49. The summed E-state index contributed by atoms with van der Waals surface area (Å²) in [6, 6.07) is 6.58. The Morgan fingerprint density at radius 3 is 2.22 bits per heavy atom. The molecule has 1 unspecified atom stereocenters. The molecule has 18 heavy (non-hydrogen) atoms. The van der Waals surface area contributed by atoms with Crippen LogP contribution in [0.3, 0.4) is 0 Å². The Morgan fingerprint density at radius 2 is 1.78 bits per heavy atom. The van der Waals surface area contributed by atoms with Crippen LogP contribution in [0.5, 0.6) is 0 Å². The summed E-state index contributed by atoms with van der Waals surface area (Å²) in [5, 5.41) is 12.6. The molecule has 0 fully saturated rings. The largest absolute Gasteiger partial charge is 0.394 e. The maximum atomic E-state index is 9.38. The number of hydrogen-bond donors (Lipinski definition) is 2. The summed E-state index contributed by atoms with van der Waals surface area (Å²) in [4.78, 5) is 2.24. The van der Waals surface area contributed by atoms with Gasteiger partial charge in [0.25, 0.3) is 0 Å². The Kier molecular flexibility index (Phi) is 5.17. The van der Waals surface area contributed by atoms with E-state index in [1.807, 2.05) is 14.0 Å². The third-order valence-corrected chi connectivity index (χ3v) is 3.60. The molecule has 0 aromatic heterocycles. The quantitative estimate of drug-likeness (QED) is 0.811. The van der Waals surface area contributed by atoms with E-state index in [2.05, 4.69) is 49.3 Å². The Bertz CT molecular complexity index is 366. The van der Waals surface area contributed by atoms with Gasteiger partial charge >= 0.3 is 0 Å². The Morgan fingerprint density at radius 1 is 1.22 bits per heavy atom. The lowest BCUT2D eigenvalue weighted by Gasteiger charge is -2.30. The zero-order valence-corrected chi connectivity index (χ0v) is 12.2. The minimum atomic E-state index is -0.201. The molecule has 0 saturated heterocycles. The van der Waals surface area contributed by atoms with Gasteiger partial charge in [-0.3, -0.25) is 0 Å². The highest BCUT2D eigenvalue weighted by atomic mass is 16.3. The number of nitrogens with zero attached hydrogens (tertiary/aromatic N) is 1. The fourth-order valence-corrected chi connectivity index (χ4v) is 2.00. The number of aliphatic hydroxyl groups is 1. The highest BCUT2D eigenvalue weighted by Gasteiger charge is 2.21. The molecule has 102 valence electrons. The van der Waals surface area contributed by atoms with Crippen molar-refractivity contribution in [2.75, 3.05) is 32.1 Å². The van der Waals surface area contributed by atoms with Crippen LogP contribution < -0.4 is 10.2 Å². The van der Waals surface area contributed by atoms with E-state index in [0.29, 0.717) is 0 Å². The zero-order chi connectivity index (χ0) is 13.8. The van der Waals surface area contributed by atoms with Gasteiger partial charge in [0.1, 0.15) is 0 Å². The summed E-state index contributed by atoms with van der Waals surface area (Å²) in [6.07, 6.45) is 0.906. The number of anilines is 1. The molecule has 1 aromatic carbocycles. The van der Waals surface area contributed by atoms with Crippen molar-refractivity contribution in [3.63, 3.8) is 0 Å². The number of rotatable bonds is 6. The van der Waals surface area contributed by atoms with Gasteiger partial charge in [0.2, 0.25) is 0 Å². The molecule has 0 aliphatic rings. The number of likely N-dealkylation sites (N-methyl/N-ethyl adjacent to an activating group) is 1. The fourth-order valence-electron chi connectivity index (χ4n) is 2.00. The van der Waals surface area contributed by atoms with Gasteiger partial charge < -0.3 is 15.3 Å². The minimum absolute atomic E-state index is 0.157. The van der Waals surface area contributed by atoms with Crippen LogP contribution in [-0.4, -0.2) is 37.9 Å². The van der Waals surface area contributed by atoms with Crippen molar-refractivity contribution in [1.82, 2.24) is 5.32 Å². The summed E-state index contributed by atoms with van der Waals surface area (Å²) in [5.74, 6) is 0. The van der Waals surface area contributed by atoms with Crippen molar-refractivity contribution in [2.45, 2.75) is 32.7 Å². The SMILES string of the molecule is CNC(C)(CO)CCN(C)c1cc(C)cc(C)c1. The average molecular weight is 250 g/mol. The highest BCUT2D eigenvalue weighted by Crippen LogP contribution is 2.19. The van der Waals surface area contributed by atoms with E-state index in [0.717, 1.165) is 13.0 Å². The van der Waals surface area contributed by atoms with Crippen molar-refractivity contribution < 1.29 is 5.11 Å². The van der Waals surface area contributed by atoms with Crippen molar-refractivity contribution in [3.05, 3.63) is 29.3 Å². The number of benzene rings is 1. The molecule has 1 atom stereocenters. The first-order valence-corrected chi connectivity index (χ1v) is 6.49. The Hall–Kier alpha value is -1.06. The molecule has 1 aromatic rings. The fraction of sp³-hybridized carbons (Fsp3) is 0.600. The van der Waals surface area contributed by atoms with Crippen LogP contribution in [0.15, 0.2) is 18.2 Å². The van der Waals surface area contributed by atoms with Crippen molar-refractivity contribution in [2.24, 2.45) is 0 Å². The van der Waals surface area contributed by atoms with E-state index in [-0.39, 0.29) is 12.1 Å². The molecule has 0 bridgehead atoms. The molecular formula is C15H26N2O. The molecule has 0 aliphatic carbocycles. The molecule has 0 radical (unpaired) electrons. The van der Waals surface area contributed by atoms with E-state index in [1.54, 1.807) is 0 Å². The summed E-state index contributed by atoms with van der Waals surface area (Å²) in [5.41, 5.74) is 3.61. The normalized spacial score (nSPS) is 14.3. The van der Waals surface area contributed by atoms with Crippen LogP contribution in [0.25, 0.3) is 0 Å². The smallest absolute Gasteiger partial charge is 0.0611 e. The zero-order valence-electron chi connectivity index (χ0n) is 12.2. The van der Waals surface area contributed by atoms with Crippen molar-refractivity contribution >= 4 is 5.69 Å². The van der Waals surface area contributed by atoms with Crippen LogP contribution in [0.1, 0.15) is 24.5 Å². The monoisotopic (exact) mass is 250 g/mol. The van der Waals surface area contributed by atoms with Crippen LogP contribution in [0, 0.1) is 13.8 Å². The lowest BCUT2D eigenvalue weighted by Crippen LogP contribution is -2.45. The van der Waals surface area contributed by atoms with Crippen LogP contribution >= 0.6 is 0 Å². The second-order valence-corrected chi connectivity index (χ2v) is 5.49. The molecule has 3 nitrogen and oxygen atoms in total. The van der Waals surface area contributed by atoms with Crippen LogP contribution in [0.2, 0.25) is 0 Å². The van der Waals surface area contributed by atoms with Crippen molar-refractivity contribution in [1.29, 1.82) is 0 Å². The molecule has 0 amide bonds. The lowest BCUT2D eigenvalue weighted by molar-refractivity contribution is 0.175.